The van der Waals surface area contributed by atoms with Crippen molar-refractivity contribution in [3.63, 3.8) is 0 Å². The van der Waals surface area contributed by atoms with Crippen molar-refractivity contribution in [1.29, 1.82) is 0 Å². The molecular weight excluding hydrogens is 231 g/mol. The Labute approximate surface area is 105 Å². The summed E-state index contributed by atoms with van der Waals surface area (Å²) in [5.41, 5.74) is 4.01. The molecule has 0 aliphatic carbocycles. The van der Waals surface area contributed by atoms with Crippen molar-refractivity contribution >= 4 is 11.8 Å². The van der Waals surface area contributed by atoms with Crippen LogP contribution >= 0.6 is 11.8 Å². The number of thioether (sulfide) groups is 1. The van der Waals surface area contributed by atoms with Crippen LogP contribution in [0.25, 0.3) is 0 Å². The van der Waals surface area contributed by atoms with Crippen LogP contribution in [0.1, 0.15) is 21.9 Å². The highest BCUT2D eigenvalue weighted by atomic mass is 32.2. The maximum absolute atomic E-state index is 12.9. The van der Waals surface area contributed by atoms with Gasteiger partial charge < -0.3 is 0 Å². The highest BCUT2D eigenvalue weighted by Crippen LogP contribution is 2.41. The van der Waals surface area contributed by atoms with E-state index in [1.807, 2.05) is 23.9 Å². The Kier molecular flexibility index (Phi) is 2.89. The molecular formula is C15H13FS. The molecule has 0 saturated carbocycles. The van der Waals surface area contributed by atoms with Gasteiger partial charge in [0.1, 0.15) is 5.82 Å². The van der Waals surface area contributed by atoms with Crippen LogP contribution in [0.5, 0.6) is 0 Å². The smallest absolute Gasteiger partial charge is 0.123 e. The van der Waals surface area contributed by atoms with Gasteiger partial charge in [-0.15, -0.1) is 11.8 Å². The standard InChI is InChI=1S/C15H13FS/c16-13-7-5-12(6-8-13)15-14-4-2-1-3-11(14)9-10-17-15/h1-8,15H,9-10H2. The third-order valence-corrected chi connectivity index (χ3v) is 4.47. The molecule has 1 unspecified atom stereocenters. The number of hydrogen-bond donors (Lipinski definition) is 0. The van der Waals surface area contributed by atoms with Crippen molar-refractivity contribution in [3.8, 4) is 0 Å². The minimum Gasteiger partial charge on any atom is -0.207 e. The van der Waals surface area contributed by atoms with Gasteiger partial charge in [-0.2, -0.15) is 0 Å². The molecule has 0 radical (unpaired) electrons. The molecule has 0 fully saturated rings. The van der Waals surface area contributed by atoms with E-state index >= 15 is 0 Å². The lowest BCUT2D eigenvalue weighted by Crippen LogP contribution is -2.09. The quantitative estimate of drug-likeness (QED) is 0.724. The van der Waals surface area contributed by atoms with Crippen LogP contribution in [0.4, 0.5) is 4.39 Å². The molecule has 2 heteroatoms. The fourth-order valence-corrected chi connectivity index (χ4v) is 3.64. The van der Waals surface area contributed by atoms with Gasteiger partial charge in [-0.3, -0.25) is 0 Å². The second kappa shape index (κ2) is 4.53. The molecule has 0 N–H and O–H groups in total. The summed E-state index contributed by atoms with van der Waals surface area (Å²) in [4.78, 5) is 0. The van der Waals surface area contributed by atoms with E-state index in [0.29, 0.717) is 5.25 Å². The lowest BCUT2D eigenvalue weighted by Gasteiger charge is -2.25. The van der Waals surface area contributed by atoms with Gasteiger partial charge in [-0.1, -0.05) is 36.4 Å². The van der Waals surface area contributed by atoms with Crippen LogP contribution in [0.15, 0.2) is 48.5 Å². The van der Waals surface area contributed by atoms with Crippen LogP contribution in [-0.2, 0) is 6.42 Å². The summed E-state index contributed by atoms with van der Waals surface area (Å²) in [6.07, 6.45) is 1.14. The topological polar surface area (TPSA) is 0 Å². The van der Waals surface area contributed by atoms with E-state index in [4.69, 9.17) is 0 Å². The minimum absolute atomic E-state index is 0.164. The number of aryl methyl sites for hydroxylation is 1. The molecule has 0 bridgehead atoms. The number of fused-ring (bicyclic) bond motifs is 1. The van der Waals surface area contributed by atoms with Crippen LogP contribution in [-0.4, -0.2) is 5.75 Å². The SMILES string of the molecule is Fc1ccc(C2SCCc3ccccc32)cc1. The lowest BCUT2D eigenvalue weighted by atomic mass is 9.97. The zero-order chi connectivity index (χ0) is 11.7. The molecule has 1 atom stereocenters. The van der Waals surface area contributed by atoms with Gasteiger partial charge >= 0.3 is 0 Å². The largest absolute Gasteiger partial charge is 0.207 e. The predicted octanol–water partition coefficient (Wildman–Crippen LogP) is 4.20. The average molecular weight is 244 g/mol. The summed E-state index contributed by atoms with van der Waals surface area (Å²) < 4.78 is 12.9. The number of rotatable bonds is 1. The summed E-state index contributed by atoms with van der Waals surface area (Å²) >= 11 is 1.94. The van der Waals surface area contributed by atoms with E-state index in [-0.39, 0.29) is 5.82 Å². The van der Waals surface area contributed by atoms with E-state index in [9.17, 15) is 4.39 Å². The van der Waals surface area contributed by atoms with Crippen LogP contribution < -0.4 is 0 Å². The van der Waals surface area contributed by atoms with E-state index in [0.717, 1.165) is 12.2 Å². The normalized spacial score (nSPS) is 18.8. The first kappa shape index (κ1) is 10.8. The van der Waals surface area contributed by atoms with E-state index in [1.54, 1.807) is 12.1 Å². The molecule has 1 aliphatic rings. The summed E-state index contributed by atoms with van der Waals surface area (Å²) in [6, 6.07) is 15.5. The van der Waals surface area contributed by atoms with Crippen LogP contribution in [0, 0.1) is 5.82 Å². The Balaban J connectivity index is 2.03. The number of halogens is 1. The van der Waals surface area contributed by atoms with Crippen LogP contribution in [0.3, 0.4) is 0 Å². The zero-order valence-electron chi connectivity index (χ0n) is 9.40. The Morgan fingerprint density at radius 3 is 2.59 bits per heavy atom. The number of hydrogen-bond acceptors (Lipinski definition) is 1. The molecule has 1 aliphatic heterocycles. The molecule has 0 amide bonds. The maximum Gasteiger partial charge on any atom is 0.123 e. The van der Waals surface area contributed by atoms with Gasteiger partial charge in [0.25, 0.3) is 0 Å². The molecule has 1 heterocycles. The van der Waals surface area contributed by atoms with Gasteiger partial charge in [-0.05, 0) is 41.0 Å². The Bertz CT molecular complexity index is 519. The molecule has 0 nitrogen and oxygen atoms in total. The van der Waals surface area contributed by atoms with Gasteiger partial charge in [0, 0.05) is 0 Å². The molecule has 0 saturated heterocycles. The van der Waals surface area contributed by atoms with Gasteiger partial charge in [0.2, 0.25) is 0 Å². The number of benzene rings is 2. The third-order valence-electron chi connectivity index (χ3n) is 3.17. The summed E-state index contributed by atoms with van der Waals surface area (Å²) in [6.45, 7) is 0. The minimum atomic E-state index is -0.164. The summed E-state index contributed by atoms with van der Waals surface area (Å²) in [7, 11) is 0. The first-order valence-corrected chi connectivity index (χ1v) is 6.84. The second-order valence-electron chi connectivity index (χ2n) is 4.25. The molecule has 3 rings (SSSR count). The molecule has 0 spiro atoms. The monoisotopic (exact) mass is 244 g/mol. The Morgan fingerprint density at radius 1 is 1.00 bits per heavy atom. The predicted molar refractivity (Wildman–Crippen MR) is 70.8 cm³/mol. The van der Waals surface area contributed by atoms with Gasteiger partial charge in [-0.25, -0.2) is 4.39 Å². The molecule has 2 aromatic rings. The highest BCUT2D eigenvalue weighted by molar-refractivity contribution is 7.99. The fourth-order valence-electron chi connectivity index (χ4n) is 2.31. The van der Waals surface area contributed by atoms with Crippen molar-refractivity contribution in [3.05, 3.63) is 71.0 Å². The van der Waals surface area contributed by atoms with Gasteiger partial charge in [0.05, 0.1) is 5.25 Å². The molecule has 2 aromatic carbocycles. The Morgan fingerprint density at radius 2 is 1.76 bits per heavy atom. The third kappa shape index (κ3) is 2.09. The Hall–Kier alpha value is -1.28. The van der Waals surface area contributed by atoms with Crippen molar-refractivity contribution < 1.29 is 4.39 Å². The summed E-state index contributed by atoms with van der Waals surface area (Å²) in [5, 5.41) is 0.362. The molecule has 86 valence electrons. The van der Waals surface area contributed by atoms with Crippen molar-refractivity contribution in [1.82, 2.24) is 0 Å². The molecule has 17 heavy (non-hydrogen) atoms. The molecule has 0 aromatic heterocycles. The van der Waals surface area contributed by atoms with Crippen LogP contribution in [0.2, 0.25) is 0 Å². The van der Waals surface area contributed by atoms with E-state index in [2.05, 4.69) is 24.3 Å². The van der Waals surface area contributed by atoms with E-state index < -0.39 is 0 Å². The zero-order valence-corrected chi connectivity index (χ0v) is 10.2. The first-order valence-electron chi connectivity index (χ1n) is 5.79. The van der Waals surface area contributed by atoms with E-state index in [1.165, 1.54) is 16.7 Å². The first-order chi connectivity index (χ1) is 8.34. The maximum atomic E-state index is 12.9. The fraction of sp³-hybridized carbons (Fsp3) is 0.200. The van der Waals surface area contributed by atoms with Gasteiger partial charge in [0.15, 0.2) is 0 Å². The lowest BCUT2D eigenvalue weighted by molar-refractivity contribution is 0.627. The van der Waals surface area contributed by atoms with Crippen molar-refractivity contribution in [2.45, 2.75) is 11.7 Å². The average Bonchev–Trinajstić information content (AvgIpc) is 2.39. The summed E-state index contributed by atoms with van der Waals surface area (Å²) in [5.74, 6) is 0.974. The van der Waals surface area contributed by atoms with Crippen molar-refractivity contribution in [2.24, 2.45) is 0 Å². The highest BCUT2D eigenvalue weighted by Gasteiger charge is 2.21. The second-order valence-corrected chi connectivity index (χ2v) is 5.46. The van der Waals surface area contributed by atoms with Crippen molar-refractivity contribution in [2.75, 3.05) is 5.75 Å².